The van der Waals surface area contributed by atoms with Gasteiger partial charge in [-0.15, -0.1) is 11.6 Å². The minimum Gasteiger partial charge on any atom is -0.389 e. The second-order valence-electron chi connectivity index (χ2n) is 2.83. The van der Waals surface area contributed by atoms with Crippen LogP contribution in [0.15, 0.2) is 22.7 Å². The van der Waals surface area contributed by atoms with Gasteiger partial charge < -0.3 is 10.2 Å². The van der Waals surface area contributed by atoms with E-state index in [0.717, 1.165) is 4.47 Å². The molecule has 5 heteroatoms. The first-order valence-electron chi connectivity index (χ1n) is 3.93. The molecule has 0 saturated carbocycles. The van der Waals surface area contributed by atoms with Crippen LogP contribution in [0.5, 0.6) is 0 Å². The SMILES string of the molecule is OC(CCl)C(O)c1ccc(Br)cc1Cl. The fourth-order valence-corrected chi connectivity index (χ4v) is 1.99. The molecule has 2 unspecified atom stereocenters. The summed E-state index contributed by atoms with van der Waals surface area (Å²) in [6.07, 6.45) is -2.05. The summed E-state index contributed by atoms with van der Waals surface area (Å²) >= 11 is 14.5. The predicted molar refractivity (Wildman–Crippen MR) is 60.8 cm³/mol. The second-order valence-corrected chi connectivity index (χ2v) is 4.46. The molecule has 0 aliphatic rings. The van der Waals surface area contributed by atoms with Crippen LogP contribution in [0.2, 0.25) is 5.02 Å². The molecule has 0 aromatic heterocycles. The molecule has 0 radical (unpaired) electrons. The van der Waals surface area contributed by atoms with E-state index in [2.05, 4.69) is 15.9 Å². The van der Waals surface area contributed by atoms with E-state index in [1.165, 1.54) is 0 Å². The number of benzene rings is 1. The average Bonchev–Trinajstić information content (AvgIpc) is 2.15. The fourth-order valence-electron chi connectivity index (χ4n) is 1.03. The molecule has 1 aromatic rings. The molecular formula is C9H9BrCl2O2. The van der Waals surface area contributed by atoms with Crippen LogP contribution in [0.4, 0.5) is 0 Å². The van der Waals surface area contributed by atoms with Gasteiger partial charge in [0.2, 0.25) is 0 Å². The van der Waals surface area contributed by atoms with Crippen molar-refractivity contribution in [3.63, 3.8) is 0 Å². The van der Waals surface area contributed by atoms with E-state index in [4.69, 9.17) is 23.2 Å². The van der Waals surface area contributed by atoms with Gasteiger partial charge in [-0.25, -0.2) is 0 Å². The van der Waals surface area contributed by atoms with E-state index >= 15 is 0 Å². The number of halogens is 3. The monoisotopic (exact) mass is 298 g/mol. The van der Waals surface area contributed by atoms with Crippen molar-refractivity contribution in [3.8, 4) is 0 Å². The quantitative estimate of drug-likeness (QED) is 0.843. The summed E-state index contributed by atoms with van der Waals surface area (Å²) in [7, 11) is 0. The smallest absolute Gasteiger partial charge is 0.107 e. The van der Waals surface area contributed by atoms with Crippen LogP contribution in [0.25, 0.3) is 0 Å². The van der Waals surface area contributed by atoms with Crippen LogP contribution in [-0.2, 0) is 0 Å². The van der Waals surface area contributed by atoms with Gasteiger partial charge in [0, 0.05) is 15.1 Å². The molecule has 1 rings (SSSR count). The van der Waals surface area contributed by atoms with Crippen molar-refractivity contribution >= 4 is 39.1 Å². The Kier molecular flexibility index (Phi) is 4.67. The molecule has 0 spiro atoms. The molecule has 14 heavy (non-hydrogen) atoms. The van der Waals surface area contributed by atoms with Crippen LogP contribution < -0.4 is 0 Å². The number of hydrogen-bond acceptors (Lipinski definition) is 2. The molecule has 0 amide bonds. The maximum Gasteiger partial charge on any atom is 0.107 e. The highest BCUT2D eigenvalue weighted by Crippen LogP contribution is 2.28. The topological polar surface area (TPSA) is 40.5 Å². The first-order chi connectivity index (χ1) is 6.56. The zero-order valence-electron chi connectivity index (χ0n) is 7.12. The standard InChI is InChI=1S/C9H9BrCl2O2/c10-5-1-2-6(7(12)3-5)9(14)8(13)4-11/h1-3,8-9,13-14H,4H2. The Morgan fingerprint density at radius 1 is 1.36 bits per heavy atom. The summed E-state index contributed by atoms with van der Waals surface area (Å²) in [5, 5.41) is 19.3. The van der Waals surface area contributed by atoms with Gasteiger partial charge >= 0.3 is 0 Å². The highest BCUT2D eigenvalue weighted by molar-refractivity contribution is 9.10. The van der Waals surface area contributed by atoms with Gasteiger partial charge in [-0.3, -0.25) is 0 Å². The third kappa shape index (κ3) is 2.84. The zero-order valence-corrected chi connectivity index (χ0v) is 10.2. The van der Waals surface area contributed by atoms with Gasteiger partial charge in [0.25, 0.3) is 0 Å². The molecule has 0 aliphatic heterocycles. The predicted octanol–water partition coefficient (Wildman–Crippen LogP) is 2.74. The van der Waals surface area contributed by atoms with Gasteiger partial charge in [0.1, 0.15) is 6.10 Å². The maximum atomic E-state index is 9.63. The summed E-state index contributed by atoms with van der Waals surface area (Å²) in [5.74, 6) is -0.0342. The highest BCUT2D eigenvalue weighted by atomic mass is 79.9. The molecule has 2 nitrogen and oxygen atoms in total. The van der Waals surface area contributed by atoms with Crippen LogP contribution in [0.1, 0.15) is 11.7 Å². The van der Waals surface area contributed by atoms with Crippen LogP contribution in [0.3, 0.4) is 0 Å². The summed E-state index contributed by atoms with van der Waals surface area (Å²) in [6, 6.07) is 5.04. The van der Waals surface area contributed by atoms with Gasteiger partial charge in [0.05, 0.1) is 12.0 Å². The van der Waals surface area contributed by atoms with Crippen molar-refractivity contribution in [1.29, 1.82) is 0 Å². The van der Waals surface area contributed by atoms with Gasteiger partial charge in [-0.1, -0.05) is 33.6 Å². The van der Waals surface area contributed by atoms with E-state index < -0.39 is 12.2 Å². The van der Waals surface area contributed by atoms with E-state index in [1.807, 2.05) is 0 Å². The Balaban J connectivity index is 2.95. The summed E-state index contributed by atoms with van der Waals surface area (Å²) in [6.45, 7) is 0. The molecule has 2 N–H and O–H groups in total. The van der Waals surface area contributed by atoms with Crippen molar-refractivity contribution in [2.45, 2.75) is 12.2 Å². The minimum absolute atomic E-state index is 0.0342. The van der Waals surface area contributed by atoms with Gasteiger partial charge in [-0.05, 0) is 12.1 Å². The van der Waals surface area contributed by atoms with E-state index in [1.54, 1.807) is 18.2 Å². The first kappa shape index (κ1) is 12.3. The maximum absolute atomic E-state index is 9.63. The summed E-state index contributed by atoms with van der Waals surface area (Å²) in [4.78, 5) is 0. The van der Waals surface area contributed by atoms with Crippen molar-refractivity contribution in [2.24, 2.45) is 0 Å². The lowest BCUT2D eigenvalue weighted by Crippen LogP contribution is -2.19. The normalized spacial score (nSPS) is 15.2. The highest BCUT2D eigenvalue weighted by Gasteiger charge is 2.19. The summed E-state index contributed by atoms with van der Waals surface area (Å²) in [5.41, 5.74) is 0.475. The van der Waals surface area contributed by atoms with Crippen molar-refractivity contribution in [2.75, 3.05) is 5.88 Å². The Morgan fingerprint density at radius 2 is 2.00 bits per heavy atom. The Labute approximate surface area is 101 Å². The van der Waals surface area contributed by atoms with Crippen LogP contribution in [-0.4, -0.2) is 22.2 Å². The van der Waals surface area contributed by atoms with E-state index in [9.17, 15) is 10.2 Å². The lowest BCUT2D eigenvalue weighted by atomic mass is 10.1. The number of alkyl halides is 1. The average molecular weight is 300 g/mol. The minimum atomic E-state index is -1.05. The lowest BCUT2D eigenvalue weighted by molar-refractivity contribution is 0.0328. The first-order valence-corrected chi connectivity index (χ1v) is 5.64. The van der Waals surface area contributed by atoms with Crippen molar-refractivity contribution < 1.29 is 10.2 Å². The Hall–Kier alpha value is 0.200. The van der Waals surface area contributed by atoms with E-state index in [-0.39, 0.29) is 5.88 Å². The molecule has 2 atom stereocenters. The zero-order chi connectivity index (χ0) is 10.7. The third-order valence-corrected chi connectivity index (χ3v) is 2.94. The molecule has 0 saturated heterocycles. The number of aliphatic hydroxyl groups excluding tert-OH is 2. The molecular weight excluding hydrogens is 291 g/mol. The van der Waals surface area contributed by atoms with Crippen LogP contribution >= 0.6 is 39.1 Å². The second kappa shape index (κ2) is 5.33. The molecule has 0 fully saturated rings. The fraction of sp³-hybridized carbons (Fsp3) is 0.333. The number of aliphatic hydroxyl groups is 2. The summed E-state index contributed by atoms with van der Waals surface area (Å²) < 4.78 is 0.818. The Morgan fingerprint density at radius 3 is 2.50 bits per heavy atom. The van der Waals surface area contributed by atoms with Crippen molar-refractivity contribution in [1.82, 2.24) is 0 Å². The lowest BCUT2D eigenvalue weighted by Gasteiger charge is -2.16. The molecule has 0 heterocycles. The molecule has 0 bridgehead atoms. The number of hydrogen-bond donors (Lipinski definition) is 2. The molecule has 78 valence electrons. The van der Waals surface area contributed by atoms with Crippen LogP contribution in [0, 0.1) is 0 Å². The molecule has 1 aromatic carbocycles. The van der Waals surface area contributed by atoms with Crippen molar-refractivity contribution in [3.05, 3.63) is 33.3 Å². The Bertz CT molecular complexity index is 320. The largest absolute Gasteiger partial charge is 0.389 e. The van der Waals surface area contributed by atoms with E-state index in [0.29, 0.717) is 10.6 Å². The van der Waals surface area contributed by atoms with Gasteiger partial charge in [-0.2, -0.15) is 0 Å². The molecule has 0 aliphatic carbocycles. The number of rotatable bonds is 3. The van der Waals surface area contributed by atoms with Gasteiger partial charge in [0.15, 0.2) is 0 Å². The third-order valence-electron chi connectivity index (χ3n) is 1.80.